The molecular formula is C19H19F3IN5O. The zero-order valence-electron chi connectivity index (χ0n) is 15.3. The van der Waals surface area contributed by atoms with E-state index < -0.39 is 6.36 Å². The summed E-state index contributed by atoms with van der Waals surface area (Å²) < 4.78 is 43.3. The smallest absolute Gasteiger partial charge is 0.404 e. The van der Waals surface area contributed by atoms with E-state index in [0.717, 1.165) is 16.9 Å². The van der Waals surface area contributed by atoms with Gasteiger partial charge in [0.2, 0.25) is 0 Å². The van der Waals surface area contributed by atoms with Gasteiger partial charge in [0.25, 0.3) is 0 Å². The lowest BCUT2D eigenvalue weighted by molar-refractivity contribution is -0.274. The Morgan fingerprint density at radius 3 is 2.52 bits per heavy atom. The molecule has 1 aromatic heterocycles. The van der Waals surface area contributed by atoms with Gasteiger partial charge in [-0.05, 0) is 36.8 Å². The summed E-state index contributed by atoms with van der Waals surface area (Å²) >= 11 is 0. The fourth-order valence-corrected chi connectivity index (χ4v) is 2.55. The molecule has 0 amide bonds. The highest BCUT2D eigenvalue weighted by Crippen LogP contribution is 2.29. The van der Waals surface area contributed by atoms with Crippen molar-refractivity contribution in [2.24, 2.45) is 10.7 Å². The number of anilines is 1. The monoisotopic (exact) mass is 517 g/mol. The molecule has 1 heterocycles. The van der Waals surface area contributed by atoms with E-state index in [1.165, 1.54) is 18.2 Å². The molecular weight excluding hydrogens is 498 g/mol. The molecule has 0 atom stereocenters. The average molecular weight is 517 g/mol. The van der Waals surface area contributed by atoms with Crippen molar-refractivity contribution in [1.82, 2.24) is 9.78 Å². The Morgan fingerprint density at radius 1 is 1.14 bits per heavy atom. The lowest BCUT2D eigenvalue weighted by Gasteiger charge is -2.14. The molecule has 0 aliphatic rings. The summed E-state index contributed by atoms with van der Waals surface area (Å²) in [5.41, 5.74) is 8.50. The second kappa shape index (κ2) is 9.63. The van der Waals surface area contributed by atoms with Crippen LogP contribution in [-0.4, -0.2) is 22.1 Å². The van der Waals surface area contributed by atoms with E-state index in [1.54, 1.807) is 10.7 Å². The predicted octanol–water partition coefficient (Wildman–Crippen LogP) is 4.62. The maximum Gasteiger partial charge on any atom is 0.573 e. The van der Waals surface area contributed by atoms with Crippen LogP contribution in [0.2, 0.25) is 0 Å². The first kappa shape index (κ1) is 22.5. The Hall–Kier alpha value is -2.76. The van der Waals surface area contributed by atoms with Crippen LogP contribution < -0.4 is 15.8 Å². The van der Waals surface area contributed by atoms with Crippen molar-refractivity contribution >= 4 is 35.6 Å². The first-order valence-electron chi connectivity index (χ1n) is 8.34. The van der Waals surface area contributed by atoms with E-state index in [0.29, 0.717) is 0 Å². The number of hydrogen-bond acceptors (Lipinski definition) is 3. The van der Waals surface area contributed by atoms with Crippen molar-refractivity contribution in [3.63, 3.8) is 0 Å². The third-order valence-corrected chi connectivity index (χ3v) is 3.76. The van der Waals surface area contributed by atoms with E-state index in [1.807, 2.05) is 43.5 Å². The maximum atomic E-state index is 12.5. The Balaban J connectivity index is 0.00000300. The molecule has 2 aromatic carbocycles. The molecule has 154 valence electrons. The number of hydrogen-bond donors (Lipinski definition) is 2. The van der Waals surface area contributed by atoms with Crippen LogP contribution in [0, 0.1) is 6.92 Å². The number of nitrogens with zero attached hydrogens (tertiary/aromatic N) is 3. The van der Waals surface area contributed by atoms with Crippen LogP contribution in [0.15, 0.2) is 65.8 Å². The molecule has 3 aromatic rings. The van der Waals surface area contributed by atoms with Gasteiger partial charge >= 0.3 is 6.36 Å². The van der Waals surface area contributed by atoms with Gasteiger partial charge in [-0.3, -0.25) is 0 Å². The normalized spacial score (nSPS) is 11.7. The van der Waals surface area contributed by atoms with Crippen molar-refractivity contribution in [2.75, 3.05) is 5.32 Å². The van der Waals surface area contributed by atoms with Crippen LogP contribution in [0.25, 0.3) is 5.69 Å². The van der Waals surface area contributed by atoms with E-state index in [9.17, 15) is 13.2 Å². The van der Waals surface area contributed by atoms with Gasteiger partial charge in [-0.25, -0.2) is 9.67 Å². The zero-order chi connectivity index (χ0) is 20.1. The van der Waals surface area contributed by atoms with Crippen molar-refractivity contribution < 1.29 is 17.9 Å². The highest BCUT2D eigenvalue weighted by Gasteiger charge is 2.32. The molecule has 0 bridgehead atoms. The van der Waals surface area contributed by atoms with Gasteiger partial charge in [-0.15, -0.1) is 37.1 Å². The minimum Gasteiger partial charge on any atom is -0.404 e. The number of benzene rings is 2. The van der Waals surface area contributed by atoms with Gasteiger partial charge in [0.15, 0.2) is 11.7 Å². The van der Waals surface area contributed by atoms with E-state index >= 15 is 0 Å². The molecule has 0 saturated heterocycles. The summed E-state index contributed by atoms with van der Waals surface area (Å²) in [6, 6.07) is 15.0. The highest BCUT2D eigenvalue weighted by molar-refractivity contribution is 14.0. The van der Waals surface area contributed by atoms with Crippen LogP contribution >= 0.6 is 24.0 Å². The number of halogens is 4. The third-order valence-electron chi connectivity index (χ3n) is 3.76. The number of aromatic nitrogens is 2. The van der Waals surface area contributed by atoms with E-state index in [2.05, 4.69) is 20.1 Å². The lowest BCUT2D eigenvalue weighted by Crippen LogP contribution is -2.24. The van der Waals surface area contributed by atoms with Gasteiger partial charge in [-0.1, -0.05) is 30.3 Å². The number of alkyl halides is 3. The summed E-state index contributed by atoms with van der Waals surface area (Å²) in [5.74, 6) is -0.426. The SMILES string of the molecule is Cc1ccn(-c2ccccc2CN=C(N)Nc2ccccc2OC(F)(F)F)n1.I. The van der Waals surface area contributed by atoms with Crippen LogP contribution in [-0.2, 0) is 6.54 Å². The Bertz CT molecular complexity index is 988. The molecule has 0 unspecified atom stereocenters. The van der Waals surface area contributed by atoms with Crippen molar-refractivity contribution in [3.8, 4) is 11.4 Å². The Morgan fingerprint density at radius 2 is 1.83 bits per heavy atom. The molecule has 0 radical (unpaired) electrons. The Labute approximate surface area is 182 Å². The molecule has 3 rings (SSSR count). The number of aliphatic imine (C=N–C) groups is 1. The number of ether oxygens (including phenoxy) is 1. The lowest BCUT2D eigenvalue weighted by atomic mass is 10.2. The molecule has 0 aliphatic heterocycles. The quantitative estimate of drug-likeness (QED) is 0.294. The molecule has 29 heavy (non-hydrogen) atoms. The number of rotatable bonds is 5. The molecule has 6 nitrogen and oxygen atoms in total. The van der Waals surface area contributed by atoms with Crippen molar-refractivity contribution in [3.05, 3.63) is 72.1 Å². The zero-order valence-corrected chi connectivity index (χ0v) is 17.7. The first-order chi connectivity index (χ1) is 13.3. The number of nitrogens with two attached hydrogens (primary N) is 1. The topological polar surface area (TPSA) is 77.5 Å². The van der Waals surface area contributed by atoms with Crippen molar-refractivity contribution in [1.29, 1.82) is 0 Å². The van der Waals surface area contributed by atoms with Crippen LogP contribution in [0.5, 0.6) is 5.75 Å². The number of nitrogens with one attached hydrogen (secondary N) is 1. The largest absolute Gasteiger partial charge is 0.573 e. The maximum absolute atomic E-state index is 12.5. The van der Waals surface area contributed by atoms with Gasteiger partial charge in [0.1, 0.15) is 0 Å². The molecule has 0 spiro atoms. The average Bonchev–Trinajstić information content (AvgIpc) is 3.07. The number of para-hydroxylation sites is 3. The van der Waals surface area contributed by atoms with Crippen molar-refractivity contribution in [2.45, 2.75) is 19.8 Å². The van der Waals surface area contributed by atoms with Crippen LogP contribution in [0.3, 0.4) is 0 Å². The van der Waals surface area contributed by atoms with Gasteiger partial charge in [0, 0.05) is 6.20 Å². The molecule has 0 fully saturated rings. The molecule has 3 N–H and O–H groups in total. The third kappa shape index (κ3) is 6.38. The molecule has 10 heteroatoms. The van der Waals surface area contributed by atoms with Crippen LogP contribution in [0.4, 0.5) is 18.9 Å². The summed E-state index contributed by atoms with van der Waals surface area (Å²) in [6.07, 6.45) is -2.96. The molecule has 0 aliphatic carbocycles. The number of guanidine groups is 1. The number of aryl methyl sites for hydroxylation is 1. The fourth-order valence-electron chi connectivity index (χ4n) is 2.55. The standard InChI is InChI=1S/C19H18F3N5O.HI/c1-13-10-11-27(26-13)16-8-4-2-6-14(16)12-24-18(23)25-15-7-3-5-9-17(15)28-19(20,21)22;/h2-11H,12H2,1H3,(H3,23,24,25);1H. The fraction of sp³-hybridized carbons (Fsp3) is 0.158. The van der Waals surface area contributed by atoms with Gasteiger partial charge < -0.3 is 15.8 Å². The summed E-state index contributed by atoms with van der Waals surface area (Å²) in [5, 5.41) is 7.03. The highest BCUT2D eigenvalue weighted by atomic mass is 127. The van der Waals surface area contributed by atoms with Crippen LogP contribution in [0.1, 0.15) is 11.3 Å². The minimum absolute atomic E-state index is 0. The van der Waals surface area contributed by atoms with Gasteiger partial charge in [0.05, 0.1) is 23.6 Å². The minimum atomic E-state index is -4.80. The predicted molar refractivity (Wildman–Crippen MR) is 116 cm³/mol. The second-order valence-electron chi connectivity index (χ2n) is 5.90. The summed E-state index contributed by atoms with van der Waals surface area (Å²) in [4.78, 5) is 4.23. The second-order valence-corrected chi connectivity index (χ2v) is 5.90. The van der Waals surface area contributed by atoms with Gasteiger partial charge in [-0.2, -0.15) is 5.10 Å². The molecule has 0 saturated carbocycles. The summed E-state index contributed by atoms with van der Waals surface area (Å²) in [7, 11) is 0. The Kier molecular flexibility index (Phi) is 7.48. The van der Waals surface area contributed by atoms with E-state index in [4.69, 9.17) is 5.73 Å². The van der Waals surface area contributed by atoms with E-state index in [-0.39, 0.29) is 47.9 Å². The first-order valence-corrected chi connectivity index (χ1v) is 8.34. The summed E-state index contributed by atoms with van der Waals surface area (Å²) in [6.45, 7) is 2.11.